The largest absolute Gasteiger partial charge is 0.322 e. The summed E-state index contributed by atoms with van der Waals surface area (Å²) in [5.41, 5.74) is 0.322. The fraction of sp³-hybridized carbons (Fsp3) is 0.188. The SMILES string of the molecule is CN(C)S(=O)(=O)N(CC(=O)Nc1c(Cl)cccc1Cl)c1ccc(F)cc1. The van der Waals surface area contributed by atoms with Gasteiger partial charge in [-0.2, -0.15) is 12.7 Å². The molecule has 1 amide bonds. The molecule has 1 N–H and O–H groups in total. The van der Waals surface area contributed by atoms with Crippen molar-refractivity contribution in [1.29, 1.82) is 0 Å². The molecule has 0 aliphatic carbocycles. The third-order valence-corrected chi connectivity index (χ3v) is 5.82. The minimum Gasteiger partial charge on any atom is -0.322 e. The number of carbonyl (C=O) groups excluding carboxylic acids is 1. The maximum Gasteiger partial charge on any atom is 0.304 e. The second-order valence-electron chi connectivity index (χ2n) is 5.42. The van der Waals surface area contributed by atoms with Gasteiger partial charge in [-0.25, -0.2) is 8.70 Å². The van der Waals surface area contributed by atoms with E-state index in [0.29, 0.717) is 0 Å². The van der Waals surface area contributed by atoms with Crippen molar-refractivity contribution in [2.45, 2.75) is 0 Å². The van der Waals surface area contributed by atoms with E-state index in [2.05, 4.69) is 5.32 Å². The van der Waals surface area contributed by atoms with Gasteiger partial charge < -0.3 is 5.32 Å². The van der Waals surface area contributed by atoms with Crippen molar-refractivity contribution in [1.82, 2.24) is 4.31 Å². The van der Waals surface area contributed by atoms with E-state index in [1.54, 1.807) is 6.07 Å². The van der Waals surface area contributed by atoms with Crippen molar-refractivity contribution in [3.05, 3.63) is 58.3 Å². The molecule has 2 aromatic carbocycles. The minimum atomic E-state index is -4.00. The number of rotatable bonds is 6. The molecule has 0 saturated carbocycles. The number of hydrogen-bond acceptors (Lipinski definition) is 3. The highest BCUT2D eigenvalue weighted by Gasteiger charge is 2.27. The minimum absolute atomic E-state index is 0.139. The molecule has 0 unspecified atom stereocenters. The highest BCUT2D eigenvalue weighted by atomic mass is 35.5. The lowest BCUT2D eigenvalue weighted by molar-refractivity contribution is -0.114. The van der Waals surface area contributed by atoms with Crippen molar-refractivity contribution < 1.29 is 17.6 Å². The Hall–Kier alpha value is -1.87. The van der Waals surface area contributed by atoms with E-state index in [1.807, 2.05) is 0 Å². The number of hydrogen-bond donors (Lipinski definition) is 1. The Labute approximate surface area is 161 Å². The average molecular weight is 420 g/mol. The monoisotopic (exact) mass is 419 g/mol. The number of nitrogens with zero attached hydrogens (tertiary/aromatic N) is 2. The predicted molar refractivity (Wildman–Crippen MR) is 101 cm³/mol. The molecule has 0 heterocycles. The first kappa shape index (κ1) is 20.4. The van der Waals surface area contributed by atoms with Gasteiger partial charge >= 0.3 is 10.2 Å². The second kappa shape index (κ2) is 8.22. The lowest BCUT2D eigenvalue weighted by Crippen LogP contribution is -2.44. The summed E-state index contributed by atoms with van der Waals surface area (Å²) < 4.78 is 40.1. The van der Waals surface area contributed by atoms with Crippen LogP contribution in [0.25, 0.3) is 0 Å². The third-order valence-electron chi connectivity index (χ3n) is 3.37. The molecule has 0 atom stereocenters. The van der Waals surface area contributed by atoms with Crippen LogP contribution >= 0.6 is 23.2 Å². The Balaban J connectivity index is 2.32. The summed E-state index contributed by atoms with van der Waals surface area (Å²) in [6.45, 7) is -0.548. The number of carbonyl (C=O) groups is 1. The summed E-state index contributed by atoms with van der Waals surface area (Å²) in [5, 5.41) is 2.93. The summed E-state index contributed by atoms with van der Waals surface area (Å²) in [7, 11) is -1.34. The highest BCUT2D eigenvalue weighted by Crippen LogP contribution is 2.30. The van der Waals surface area contributed by atoms with Crippen LogP contribution < -0.4 is 9.62 Å². The first-order valence-electron chi connectivity index (χ1n) is 7.32. The molecule has 2 aromatic rings. The zero-order valence-electron chi connectivity index (χ0n) is 13.9. The first-order valence-corrected chi connectivity index (χ1v) is 9.48. The fourth-order valence-corrected chi connectivity index (χ4v) is 3.59. The normalized spacial score (nSPS) is 11.5. The van der Waals surface area contributed by atoms with Gasteiger partial charge in [-0.05, 0) is 36.4 Å². The van der Waals surface area contributed by atoms with Crippen LogP contribution in [0.3, 0.4) is 0 Å². The standard InChI is InChI=1S/C16H16Cl2FN3O3S/c1-21(2)26(24,25)22(12-8-6-11(19)7-9-12)10-15(23)20-16-13(17)4-3-5-14(16)18/h3-9H,10H2,1-2H3,(H,20,23). The van der Waals surface area contributed by atoms with E-state index >= 15 is 0 Å². The van der Waals surface area contributed by atoms with E-state index in [0.717, 1.165) is 20.7 Å². The van der Waals surface area contributed by atoms with E-state index in [4.69, 9.17) is 23.2 Å². The van der Waals surface area contributed by atoms with Gasteiger partial charge in [-0.15, -0.1) is 0 Å². The molecule has 0 fully saturated rings. The number of para-hydroxylation sites is 1. The van der Waals surface area contributed by atoms with Crippen LogP contribution in [0.15, 0.2) is 42.5 Å². The maximum atomic E-state index is 13.2. The molecule has 0 aliphatic rings. The van der Waals surface area contributed by atoms with Crippen molar-refractivity contribution in [2.24, 2.45) is 0 Å². The first-order chi connectivity index (χ1) is 12.1. The zero-order valence-corrected chi connectivity index (χ0v) is 16.2. The van der Waals surface area contributed by atoms with Gasteiger partial charge in [-0.1, -0.05) is 29.3 Å². The Morgan fingerprint density at radius 3 is 2.12 bits per heavy atom. The van der Waals surface area contributed by atoms with E-state index < -0.39 is 28.5 Å². The van der Waals surface area contributed by atoms with Crippen molar-refractivity contribution in [2.75, 3.05) is 30.3 Å². The Morgan fingerprint density at radius 2 is 1.62 bits per heavy atom. The van der Waals surface area contributed by atoms with Gasteiger partial charge in [0.2, 0.25) is 5.91 Å². The molecule has 2 rings (SSSR count). The number of nitrogens with one attached hydrogen (secondary N) is 1. The summed E-state index contributed by atoms with van der Waals surface area (Å²) in [6.07, 6.45) is 0. The molecule has 0 bridgehead atoms. The van der Waals surface area contributed by atoms with Crippen LogP contribution in [0.4, 0.5) is 15.8 Å². The van der Waals surface area contributed by atoms with Gasteiger partial charge in [0, 0.05) is 14.1 Å². The molecule has 10 heteroatoms. The third kappa shape index (κ3) is 4.64. The number of amides is 1. The quantitative estimate of drug-likeness (QED) is 0.779. The zero-order chi connectivity index (χ0) is 19.5. The van der Waals surface area contributed by atoms with Crippen molar-refractivity contribution in [3.63, 3.8) is 0 Å². The van der Waals surface area contributed by atoms with Crippen molar-refractivity contribution >= 4 is 50.7 Å². The average Bonchev–Trinajstić information content (AvgIpc) is 2.57. The van der Waals surface area contributed by atoms with E-state index in [9.17, 15) is 17.6 Å². The molecule has 0 spiro atoms. The molecule has 0 aliphatic heterocycles. The smallest absolute Gasteiger partial charge is 0.304 e. The maximum absolute atomic E-state index is 13.2. The fourth-order valence-electron chi connectivity index (χ4n) is 2.04. The Morgan fingerprint density at radius 1 is 1.08 bits per heavy atom. The number of anilines is 2. The van der Waals surface area contributed by atoms with Crippen LogP contribution in [0.5, 0.6) is 0 Å². The predicted octanol–water partition coefficient (Wildman–Crippen LogP) is 3.38. The number of halogens is 3. The molecular formula is C16H16Cl2FN3O3S. The molecular weight excluding hydrogens is 404 g/mol. The van der Waals surface area contributed by atoms with E-state index in [-0.39, 0.29) is 21.4 Å². The van der Waals surface area contributed by atoms with Gasteiger partial charge in [0.05, 0.1) is 21.4 Å². The van der Waals surface area contributed by atoms with Gasteiger partial charge in [0.1, 0.15) is 12.4 Å². The molecule has 0 radical (unpaired) electrons. The molecule has 0 aromatic heterocycles. The summed E-state index contributed by atoms with van der Waals surface area (Å²) in [4.78, 5) is 12.4. The van der Waals surface area contributed by atoms with Crippen LogP contribution in [-0.4, -0.2) is 39.3 Å². The van der Waals surface area contributed by atoms with Crippen LogP contribution in [0.1, 0.15) is 0 Å². The molecule has 26 heavy (non-hydrogen) atoms. The summed E-state index contributed by atoms with van der Waals surface area (Å²) >= 11 is 12.0. The Kier molecular flexibility index (Phi) is 6.46. The molecule has 0 saturated heterocycles. The van der Waals surface area contributed by atoms with Crippen LogP contribution in [0.2, 0.25) is 10.0 Å². The summed E-state index contributed by atoms with van der Waals surface area (Å²) in [6, 6.07) is 9.45. The summed E-state index contributed by atoms with van der Waals surface area (Å²) in [5.74, 6) is -1.18. The number of benzene rings is 2. The van der Waals surface area contributed by atoms with Gasteiger partial charge in [0.25, 0.3) is 0 Å². The van der Waals surface area contributed by atoms with Crippen molar-refractivity contribution in [3.8, 4) is 0 Å². The topological polar surface area (TPSA) is 69.7 Å². The lowest BCUT2D eigenvalue weighted by Gasteiger charge is -2.27. The molecule has 140 valence electrons. The molecule has 6 nitrogen and oxygen atoms in total. The van der Waals surface area contributed by atoms with Crippen LogP contribution in [0, 0.1) is 5.82 Å². The lowest BCUT2D eigenvalue weighted by atomic mass is 10.3. The van der Waals surface area contributed by atoms with Gasteiger partial charge in [-0.3, -0.25) is 4.79 Å². The van der Waals surface area contributed by atoms with E-state index in [1.165, 1.54) is 38.4 Å². The van der Waals surface area contributed by atoms with Gasteiger partial charge in [0.15, 0.2) is 0 Å². The highest BCUT2D eigenvalue weighted by molar-refractivity contribution is 7.90. The Bertz CT molecular complexity index is 885. The second-order valence-corrected chi connectivity index (χ2v) is 8.30. The van der Waals surface area contributed by atoms with Crippen LogP contribution in [-0.2, 0) is 15.0 Å².